The first kappa shape index (κ1) is 9.97. The van der Waals surface area contributed by atoms with Crippen molar-refractivity contribution in [1.82, 2.24) is 0 Å². The molecule has 1 atom stereocenters. The standard InChI is InChI=1S/C12H22P/c13-9-12(10-5-1-2-6-10)11-7-3-4-8-11/h9-12H,1-8,13H2. The van der Waals surface area contributed by atoms with Gasteiger partial charge >= 0.3 is 0 Å². The van der Waals surface area contributed by atoms with Gasteiger partial charge in [-0.25, -0.2) is 0 Å². The van der Waals surface area contributed by atoms with Crippen molar-refractivity contribution in [1.29, 1.82) is 0 Å². The fourth-order valence-corrected chi connectivity index (χ4v) is 4.01. The Labute approximate surface area is 85.1 Å². The molecule has 13 heavy (non-hydrogen) atoms. The zero-order valence-corrected chi connectivity index (χ0v) is 9.70. The van der Waals surface area contributed by atoms with E-state index in [9.17, 15) is 0 Å². The highest BCUT2D eigenvalue weighted by Gasteiger charge is 2.31. The monoisotopic (exact) mass is 197 g/mol. The Morgan fingerprint density at radius 2 is 1.23 bits per heavy atom. The van der Waals surface area contributed by atoms with Gasteiger partial charge in [0.1, 0.15) is 0 Å². The van der Waals surface area contributed by atoms with Crippen molar-refractivity contribution in [3.05, 3.63) is 6.16 Å². The van der Waals surface area contributed by atoms with Gasteiger partial charge in [0.05, 0.1) is 0 Å². The third-order valence-electron chi connectivity index (χ3n) is 4.11. The lowest BCUT2D eigenvalue weighted by atomic mass is 9.81. The maximum absolute atomic E-state index is 2.88. The molecule has 2 saturated carbocycles. The molecule has 1 heteroatoms. The normalized spacial score (nSPS) is 26.3. The van der Waals surface area contributed by atoms with Crippen LogP contribution in [0, 0.1) is 23.9 Å². The summed E-state index contributed by atoms with van der Waals surface area (Å²) in [5.41, 5.74) is 0. The Morgan fingerprint density at radius 3 is 1.54 bits per heavy atom. The summed E-state index contributed by atoms with van der Waals surface area (Å²) in [6, 6.07) is 0. The Balaban J connectivity index is 1.90. The molecular formula is C12H22P. The molecule has 0 spiro atoms. The van der Waals surface area contributed by atoms with Gasteiger partial charge in [-0.05, 0) is 23.9 Å². The maximum Gasteiger partial charge on any atom is -0.0165 e. The molecule has 1 radical (unpaired) electrons. The lowest BCUT2D eigenvalue weighted by Gasteiger charge is -2.27. The van der Waals surface area contributed by atoms with Gasteiger partial charge in [0.25, 0.3) is 0 Å². The average molecular weight is 197 g/mol. The van der Waals surface area contributed by atoms with Crippen molar-refractivity contribution in [2.75, 3.05) is 0 Å². The van der Waals surface area contributed by atoms with Crippen LogP contribution in [0.3, 0.4) is 0 Å². The summed E-state index contributed by atoms with van der Waals surface area (Å²) < 4.78 is 0. The molecule has 0 aromatic heterocycles. The molecule has 75 valence electrons. The summed E-state index contributed by atoms with van der Waals surface area (Å²) >= 11 is 0. The fourth-order valence-electron chi connectivity index (χ4n) is 3.38. The van der Waals surface area contributed by atoms with Gasteiger partial charge in [-0.15, -0.1) is 9.24 Å². The second-order valence-corrected chi connectivity index (χ2v) is 5.24. The molecule has 2 rings (SSSR count). The first-order chi connectivity index (χ1) is 6.42. The van der Waals surface area contributed by atoms with Gasteiger partial charge in [0, 0.05) is 0 Å². The van der Waals surface area contributed by atoms with E-state index in [0.29, 0.717) is 0 Å². The summed E-state index contributed by atoms with van der Waals surface area (Å²) in [7, 11) is 2.88. The number of hydrogen-bond acceptors (Lipinski definition) is 0. The maximum atomic E-state index is 2.88. The lowest BCUT2D eigenvalue weighted by molar-refractivity contribution is 0.279. The largest absolute Gasteiger partial charge is 0.133 e. The van der Waals surface area contributed by atoms with Crippen LogP contribution in [0.5, 0.6) is 0 Å². The van der Waals surface area contributed by atoms with E-state index in [-0.39, 0.29) is 0 Å². The topological polar surface area (TPSA) is 0 Å². The molecular weight excluding hydrogens is 175 g/mol. The molecule has 1 unspecified atom stereocenters. The second-order valence-electron chi connectivity index (χ2n) is 4.86. The van der Waals surface area contributed by atoms with Crippen LogP contribution in [0.15, 0.2) is 0 Å². The molecule has 0 saturated heterocycles. The molecule has 0 aromatic carbocycles. The van der Waals surface area contributed by atoms with Gasteiger partial charge in [-0.2, -0.15) is 0 Å². The fraction of sp³-hybridized carbons (Fsp3) is 0.917. The van der Waals surface area contributed by atoms with Crippen molar-refractivity contribution >= 4 is 9.24 Å². The highest BCUT2D eigenvalue weighted by Crippen LogP contribution is 2.43. The van der Waals surface area contributed by atoms with E-state index in [1.54, 1.807) is 0 Å². The number of rotatable bonds is 3. The van der Waals surface area contributed by atoms with Crippen molar-refractivity contribution < 1.29 is 0 Å². The SMILES string of the molecule is P[CH]C(C1CCCC1)C1CCCC1. The van der Waals surface area contributed by atoms with Crippen LogP contribution in [-0.2, 0) is 0 Å². The zero-order valence-electron chi connectivity index (χ0n) is 8.54. The Hall–Kier alpha value is 0.430. The third kappa shape index (κ3) is 2.27. The van der Waals surface area contributed by atoms with Crippen molar-refractivity contribution in [2.24, 2.45) is 17.8 Å². The van der Waals surface area contributed by atoms with Crippen LogP contribution in [0.2, 0.25) is 0 Å². The van der Waals surface area contributed by atoms with Gasteiger partial charge in [0.2, 0.25) is 0 Å². The van der Waals surface area contributed by atoms with E-state index in [2.05, 4.69) is 15.4 Å². The molecule has 0 aliphatic heterocycles. The minimum absolute atomic E-state index is 0.940. The van der Waals surface area contributed by atoms with E-state index in [0.717, 1.165) is 17.8 Å². The highest BCUT2D eigenvalue weighted by molar-refractivity contribution is 7.19. The van der Waals surface area contributed by atoms with E-state index < -0.39 is 0 Å². The van der Waals surface area contributed by atoms with E-state index in [1.165, 1.54) is 51.4 Å². The Kier molecular flexibility index (Phi) is 3.66. The summed E-state index contributed by atoms with van der Waals surface area (Å²) in [5.74, 6) is 3.02. The molecule has 0 nitrogen and oxygen atoms in total. The molecule has 2 fully saturated rings. The van der Waals surface area contributed by atoms with Crippen molar-refractivity contribution in [3.63, 3.8) is 0 Å². The zero-order chi connectivity index (χ0) is 9.10. The minimum Gasteiger partial charge on any atom is -0.133 e. The van der Waals surface area contributed by atoms with Gasteiger partial charge in [-0.1, -0.05) is 51.4 Å². The average Bonchev–Trinajstić information content (AvgIpc) is 2.76. The number of hydrogen-bond donors (Lipinski definition) is 0. The summed E-state index contributed by atoms with van der Waals surface area (Å²) in [4.78, 5) is 0. The van der Waals surface area contributed by atoms with Crippen LogP contribution in [0.1, 0.15) is 51.4 Å². The predicted molar refractivity (Wildman–Crippen MR) is 61.4 cm³/mol. The molecule has 0 heterocycles. The first-order valence-corrected chi connectivity index (χ1v) is 6.63. The Morgan fingerprint density at radius 1 is 0.846 bits per heavy atom. The van der Waals surface area contributed by atoms with E-state index in [1.807, 2.05) is 0 Å². The summed E-state index contributed by atoms with van der Waals surface area (Å²) in [5, 5.41) is 0. The Bertz CT molecular complexity index is 127. The lowest BCUT2D eigenvalue weighted by Crippen LogP contribution is -2.18. The van der Waals surface area contributed by atoms with Crippen LogP contribution >= 0.6 is 9.24 Å². The van der Waals surface area contributed by atoms with Gasteiger partial charge in [-0.3, -0.25) is 0 Å². The smallest absolute Gasteiger partial charge is 0.0165 e. The second kappa shape index (κ2) is 4.78. The molecule has 0 amide bonds. The van der Waals surface area contributed by atoms with Crippen LogP contribution < -0.4 is 0 Å². The molecule has 0 aromatic rings. The first-order valence-electron chi connectivity index (χ1n) is 5.97. The third-order valence-corrected chi connectivity index (χ3v) is 4.55. The summed E-state index contributed by atoms with van der Waals surface area (Å²) in [6.45, 7) is 0. The summed E-state index contributed by atoms with van der Waals surface area (Å²) in [6.07, 6.45) is 14.4. The van der Waals surface area contributed by atoms with Gasteiger partial charge in [0.15, 0.2) is 0 Å². The molecule has 2 aliphatic rings. The van der Waals surface area contributed by atoms with E-state index in [4.69, 9.17) is 0 Å². The minimum atomic E-state index is 0.940. The predicted octanol–water partition coefficient (Wildman–Crippen LogP) is 4.02. The van der Waals surface area contributed by atoms with Crippen LogP contribution in [0.4, 0.5) is 0 Å². The van der Waals surface area contributed by atoms with E-state index >= 15 is 0 Å². The van der Waals surface area contributed by atoms with Gasteiger partial charge < -0.3 is 0 Å². The van der Waals surface area contributed by atoms with Crippen LogP contribution in [0.25, 0.3) is 0 Å². The highest BCUT2D eigenvalue weighted by atomic mass is 31.0. The van der Waals surface area contributed by atoms with Crippen LogP contribution in [-0.4, -0.2) is 0 Å². The van der Waals surface area contributed by atoms with Crippen molar-refractivity contribution in [2.45, 2.75) is 51.4 Å². The quantitative estimate of drug-likeness (QED) is 0.599. The molecule has 0 N–H and O–H groups in total. The molecule has 0 bridgehead atoms. The molecule has 2 aliphatic carbocycles. The van der Waals surface area contributed by atoms with Crippen molar-refractivity contribution in [3.8, 4) is 0 Å².